The first-order valence-corrected chi connectivity index (χ1v) is 10.3. The van der Waals surface area contributed by atoms with E-state index >= 15 is 0 Å². The highest BCUT2D eigenvalue weighted by atomic mass is 35.5. The fraction of sp³-hybridized carbons (Fsp3) is 0.364. The summed E-state index contributed by atoms with van der Waals surface area (Å²) < 4.78 is 0. The van der Waals surface area contributed by atoms with Crippen molar-refractivity contribution in [1.82, 2.24) is 5.01 Å². The minimum absolute atomic E-state index is 0.0929. The number of amides is 1. The van der Waals surface area contributed by atoms with E-state index < -0.39 is 0 Å². The van der Waals surface area contributed by atoms with Crippen LogP contribution in [0, 0.1) is 5.41 Å². The number of nitrogens with zero attached hydrogens (tertiary/aromatic N) is 2. The smallest absolute Gasteiger partial charge is 0.245 e. The zero-order valence-electron chi connectivity index (χ0n) is 16.2. The van der Waals surface area contributed by atoms with E-state index in [9.17, 15) is 4.79 Å². The topological polar surface area (TPSA) is 44.7 Å². The van der Waals surface area contributed by atoms with Gasteiger partial charge in [0.25, 0.3) is 0 Å². The second-order valence-electron chi connectivity index (χ2n) is 7.50. The van der Waals surface area contributed by atoms with Crippen LogP contribution in [-0.4, -0.2) is 29.7 Å². The Morgan fingerprint density at radius 1 is 1.11 bits per heavy atom. The van der Waals surface area contributed by atoms with Crippen molar-refractivity contribution in [2.24, 2.45) is 10.5 Å². The van der Waals surface area contributed by atoms with E-state index in [0.29, 0.717) is 10.0 Å². The van der Waals surface area contributed by atoms with Crippen molar-refractivity contribution in [2.75, 3.05) is 18.4 Å². The standard InChI is InChI=1S/C22H25Cl2N3O/c1-3-4-13-22(2)15-27(26-21(22)16-5-7-17(23)8-6-16)14-20(28)25-19-11-9-18(24)10-12-19/h5-12H,3-4,13-15H2,1-2H3,(H,25,28). The van der Waals surface area contributed by atoms with Gasteiger partial charge < -0.3 is 5.32 Å². The minimum Gasteiger partial charge on any atom is -0.324 e. The molecule has 1 heterocycles. The Kier molecular flexibility index (Phi) is 6.63. The molecule has 1 aliphatic rings. The molecule has 0 radical (unpaired) electrons. The molecule has 0 fully saturated rings. The van der Waals surface area contributed by atoms with E-state index in [-0.39, 0.29) is 17.9 Å². The summed E-state index contributed by atoms with van der Waals surface area (Å²) in [5.41, 5.74) is 2.72. The number of hydrogen-bond acceptors (Lipinski definition) is 3. The second kappa shape index (κ2) is 8.97. The second-order valence-corrected chi connectivity index (χ2v) is 8.37. The van der Waals surface area contributed by atoms with Crippen molar-refractivity contribution in [2.45, 2.75) is 33.1 Å². The SMILES string of the molecule is CCCCC1(C)CN(CC(=O)Nc2ccc(Cl)cc2)N=C1c1ccc(Cl)cc1. The largest absolute Gasteiger partial charge is 0.324 e. The van der Waals surface area contributed by atoms with E-state index in [2.05, 4.69) is 19.2 Å². The Morgan fingerprint density at radius 3 is 2.32 bits per heavy atom. The molecule has 0 saturated carbocycles. The quantitative estimate of drug-likeness (QED) is 0.613. The summed E-state index contributed by atoms with van der Waals surface area (Å²) in [6, 6.07) is 14.9. The van der Waals surface area contributed by atoms with Gasteiger partial charge in [0.05, 0.1) is 5.71 Å². The molecular weight excluding hydrogens is 393 g/mol. The van der Waals surface area contributed by atoms with Gasteiger partial charge in [-0.15, -0.1) is 0 Å². The van der Waals surface area contributed by atoms with Crippen molar-refractivity contribution >= 4 is 40.5 Å². The molecule has 0 saturated heterocycles. The molecular formula is C22H25Cl2N3O. The Hall–Kier alpha value is -2.04. The van der Waals surface area contributed by atoms with Crippen LogP contribution in [-0.2, 0) is 4.79 Å². The predicted octanol–water partition coefficient (Wildman–Crippen LogP) is 5.85. The summed E-state index contributed by atoms with van der Waals surface area (Å²) in [7, 11) is 0. The number of carbonyl (C=O) groups is 1. The molecule has 6 heteroatoms. The van der Waals surface area contributed by atoms with Gasteiger partial charge in [0.1, 0.15) is 6.54 Å². The number of hydrogen-bond donors (Lipinski definition) is 1. The van der Waals surface area contributed by atoms with Gasteiger partial charge in [-0.2, -0.15) is 5.10 Å². The van der Waals surface area contributed by atoms with Crippen LogP contribution in [0.5, 0.6) is 0 Å². The van der Waals surface area contributed by atoms with Gasteiger partial charge in [0.15, 0.2) is 0 Å². The predicted molar refractivity (Wildman–Crippen MR) is 117 cm³/mol. The van der Waals surface area contributed by atoms with Gasteiger partial charge in [-0.05, 0) is 48.4 Å². The molecule has 2 aromatic rings. The van der Waals surface area contributed by atoms with E-state index in [4.69, 9.17) is 28.3 Å². The van der Waals surface area contributed by atoms with Crippen LogP contribution in [0.2, 0.25) is 10.0 Å². The maximum absolute atomic E-state index is 12.5. The first-order valence-electron chi connectivity index (χ1n) is 9.55. The zero-order chi connectivity index (χ0) is 20.1. The van der Waals surface area contributed by atoms with E-state index in [1.807, 2.05) is 29.3 Å². The lowest BCUT2D eigenvalue weighted by Gasteiger charge is -2.26. The Labute approximate surface area is 176 Å². The number of unbranched alkanes of at least 4 members (excludes halogenated alkanes) is 1. The van der Waals surface area contributed by atoms with Gasteiger partial charge >= 0.3 is 0 Å². The van der Waals surface area contributed by atoms with Crippen LogP contribution < -0.4 is 5.32 Å². The van der Waals surface area contributed by atoms with Crippen molar-refractivity contribution in [3.63, 3.8) is 0 Å². The third-order valence-electron chi connectivity index (χ3n) is 5.00. The summed E-state index contributed by atoms with van der Waals surface area (Å²) in [4.78, 5) is 12.5. The number of anilines is 1. The molecule has 1 N–H and O–H groups in total. The van der Waals surface area contributed by atoms with Gasteiger partial charge in [0.2, 0.25) is 5.91 Å². The average Bonchev–Trinajstić information content (AvgIpc) is 2.99. The van der Waals surface area contributed by atoms with Gasteiger partial charge in [-0.1, -0.05) is 62.0 Å². The Morgan fingerprint density at radius 2 is 1.71 bits per heavy atom. The van der Waals surface area contributed by atoms with Crippen molar-refractivity contribution in [3.05, 3.63) is 64.1 Å². The number of carbonyl (C=O) groups excluding carboxylic acids is 1. The van der Waals surface area contributed by atoms with E-state index in [0.717, 1.165) is 42.8 Å². The van der Waals surface area contributed by atoms with Gasteiger partial charge in [0, 0.05) is 27.7 Å². The van der Waals surface area contributed by atoms with Gasteiger partial charge in [-0.3, -0.25) is 9.80 Å². The van der Waals surface area contributed by atoms with Crippen molar-refractivity contribution in [3.8, 4) is 0 Å². The monoisotopic (exact) mass is 417 g/mol. The third kappa shape index (κ3) is 5.06. The summed E-state index contributed by atoms with van der Waals surface area (Å²) in [6.45, 7) is 5.35. The molecule has 1 aliphatic heterocycles. The summed E-state index contributed by atoms with van der Waals surface area (Å²) in [5.74, 6) is -0.0960. The lowest BCUT2D eigenvalue weighted by Crippen LogP contribution is -2.34. The van der Waals surface area contributed by atoms with Crippen LogP contribution in [0.25, 0.3) is 0 Å². The highest BCUT2D eigenvalue weighted by Gasteiger charge is 2.39. The number of hydrazone groups is 1. The van der Waals surface area contributed by atoms with Crippen LogP contribution >= 0.6 is 23.2 Å². The number of benzene rings is 2. The first-order chi connectivity index (χ1) is 13.4. The van der Waals surface area contributed by atoms with Crippen LogP contribution in [0.15, 0.2) is 53.6 Å². The molecule has 0 spiro atoms. The molecule has 28 heavy (non-hydrogen) atoms. The van der Waals surface area contributed by atoms with Gasteiger partial charge in [-0.25, -0.2) is 0 Å². The number of rotatable bonds is 7. The molecule has 0 aromatic heterocycles. The maximum Gasteiger partial charge on any atom is 0.245 e. The number of halogens is 2. The van der Waals surface area contributed by atoms with E-state index in [1.165, 1.54) is 0 Å². The lowest BCUT2D eigenvalue weighted by atomic mass is 9.78. The Balaban J connectivity index is 1.74. The molecule has 1 atom stereocenters. The fourth-order valence-corrected chi connectivity index (χ4v) is 3.80. The molecule has 4 nitrogen and oxygen atoms in total. The summed E-state index contributed by atoms with van der Waals surface area (Å²) in [6.07, 6.45) is 3.27. The maximum atomic E-state index is 12.5. The lowest BCUT2D eigenvalue weighted by molar-refractivity contribution is -0.117. The number of nitrogens with one attached hydrogen (secondary N) is 1. The molecule has 0 bridgehead atoms. The molecule has 1 amide bonds. The zero-order valence-corrected chi connectivity index (χ0v) is 17.7. The molecule has 148 valence electrons. The molecule has 0 aliphatic carbocycles. The van der Waals surface area contributed by atoms with Crippen molar-refractivity contribution < 1.29 is 4.79 Å². The third-order valence-corrected chi connectivity index (χ3v) is 5.50. The highest BCUT2D eigenvalue weighted by Crippen LogP contribution is 2.36. The van der Waals surface area contributed by atoms with Crippen LogP contribution in [0.3, 0.4) is 0 Å². The average molecular weight is 418 g/mol. The van der Waals surface area contributed by atoms with Crippen LogP contribution in [0.4, 0.5) is 5.69 Å². The fourth-order valence-electron chi connectivity index (χ4n) is 3.54. The molecule has 3 rings (SSSR count). The molecule has 2 aromatic carbocycles. The first kappa shape index (κ1) is 20.7. The summed E-state index contributed by atoms with van der Waals surface area (Å²) in [5, 5.41) is 10.9. The van der Waals surface area contributed by atoms with Crippen molar-refractivity contribution in [1.29, 1.82) is 0 Å². The minimum atomic E-state index is -0.0960. The normalized spacial score (nSPS) is 18.9. The molecule has 1 unspecified atom stereocenters. The van der Waals surface area contributed by atoms with Crippen LogP contribution in [0.1, 0.15) is 38.7 Å². The Bertz CT molecular complexity index is 849. The highest BCUT2D eigenvalue weighted by molar-refractivity contribution is 6.31. The van der Waals surface area contributed by atoms with E-state index in [1.54, 1.807) is 24.3 Å². The summed E-state index contributed by atoms with van der Waals surface area (Å²) >= 11 is 11.9.